The predicted octanol–water partition coefficient (Wildman–Crippen LogP) is 1.05. The van der Waals surface area contributed by atoms with Crippen LogP contribution < -0.4 is 10.5 Å². The molecule has 0 radical (unpaired) electrons. The molecule has 1 aliphatic heterocycles. The molecule has 0 spiro atoms. The third kappa shape index (κ3) is 3.24. The molecule has 1 aliphatic rings. The topological polar surface area (TPSA) is 90.0 Å². The van der Waals surface area contributed by atoms with Crippen LogP contribution in [0.3, 0.4) is 0 Å². The first-order chi connectivity index (χ1) is 8.86. The Labute approximate surface area is 118 Å². The van der Waals surface area contributed by atoms with Crippen LogP contribution in [0.1, 0.15) is 26.7 Å². The number of aromatic nitrogens is 2. The first-order valence-corrected chi connectivity index (χ1v) is 8.80. The second kappa shape index (κ2) is 5.34. The lowest BCUT2D eigenvalue weighted by Crippen LogP contribution is -2.36. The minimum absolute atomic E-state index is 0.0113. The number of nitrogens with two attached hydrogens (primary N) is 1. The fourth-order valence-electron chi connectivity index (χ4n) is 2.09. The molecule has 6 nitrogen and oxygen atoms in total. The maximum atomic E-state index is 12.2. The lowest BCUT2D eigenvalue weighted by molar-refractivity contribution is 0.552. The smallest absolute Gasteiger partial charge is 0.245 e. The summed E-state index contributed by atoms with van der Waals surface area (Å²) in [4.78, 5) is 0.0703. The van der Waals surface area contributed by atoms with Crippen molar-refractivity contribution < 1.29 is 8.42 Å². The van der Waals surface area contributed by atoms with Crippen molar-refractivity contribution in [2.24, 2.45) is 0 Å². The van der Waals surface area contributed by atoms with Gasteiger partial charge in [0.1, 0.15) is 4.90 Å². The summed E-state index contributed by atoms with van der Waals surface area (Å²) in [7, 11) is -3.58. The van der Waals surface area contributed by atoms with E-state index in [9.17, 15) is 8.42 Å². The Hall–Kier alpha value is -0.730. The van der Waals surface area contributed by atoms with Gasteiger partial charge >= 0.3 is 0 Å². The third-order valence-electron chi connectivity index (χ3n) is 3.31. The highest BCUT2D eigenvalue weighted by Crippen LogP contribution is 2.37. The van der Waals surface area contributed by atoms with Crippen LogP contribution in [0, 0.1) is 0 Å². The Morgan fingerprint density at radius 2 is 2.37 bits per heavy atom. The number of aryl methyl sites for hydroxylation is 1. The molecule has 108 valence electrons. The van der Waals surface area contributed by atoms with Crippen LogP contribution >= 0.6 is 11.8 Å². The standard InChI is InChI=1S/C11H20N4O2S2/c1-3-15-7-9(10(12)14-15)19(16,17)13-8-11(2)5-4-6-18-11/h7,13H,3-6,8H2,1-2H3,(H2,12,14). The van der Waals surface area contributed by atoms with Crippen molar-refractivity contribution in [3.05, 3.63) is 6.20 Å². The molecule has 1 atom stereocenters. The maximum absolute atomic E-state index is 12.2. The van der Waals surface area contributed by atoms with Gasteiger partial charge in [0.25, 0.3) is 0 Å². The lowest BCUT2D eigenvalue weighted by atomic mass is 10.1. The van der Waals surface area contributed by atoms with Gasteiger partial charge in [-0.15, -0.1) is 0 Å². The van der Waals surface area contributed by atoms with Gasteiger partial charge in [0.05, 0.1) is 0 Å². The number of nitrogen functional groups attached to an aromatic ring is 1. The number of hydrogen-bond donors (Lipinski definition) is 2. The van der Waals surface area contributed by atoms with Crippen molar-refractivity contribution in [3.8, 4) is 0 Å². The molecule has 0 bridgehead atoms. The summed E-state index contributed by atoms with van der Waals surface area (Å²) in [6.45, 7) is 4.99. The number of hydrogen-bond acceptors (Lipinski definition) is 5. The largest absolute Gasteiger partial charge is 0.381 e. The Bertz CT molecular complexity index is 547. The maximum Gasteiger partial charge on any atom is 0.245 e. The summed E-state index contributed by atoms with van der Waals surface area (Å²) in [5.41, 5.74) is 5.66. The normalized spacial score (nSPS) is 23.9. The predicted molar refractivity (Wildman–Crippen MR) is 77.6 cm³/mol. The fraction of sp³-hybridized carbons (Fsp3) is 0.727. The molecule has 1 aromatic heterocycles. The molecule has 3 N–H and O–H groups in total. The molecule has 19 heavy (non-hydrogen) atoms. The monoisotopic (exact) mass is 304 g/mol. The first kappa shape index (κ1) is 14.7. The van der Waals surface area contributed by atoms with E-state index in [2.05, 4.69) is 16.7 Å². The van der Waals surface area contributed by atoms with Crippen molar-refractivity contribution in [3.63, 3.8) is 0 Å². The zero-order chi connectivity index (χ0) is 14.1. The van der Waals surface area contributed by atoms with E-state index < -0.39 is 10.0 Å². The molecular formula is C11H20N4O2S2. The van der Waals surface area contributed by atoms with E-state index in [1.54, 1.807) is 0 Å². The Kier molecular flexibility index (Phi) is 4.12. The number of nitrogens with zero attached hydrogens (tertiary/aromatic N) is 2. The molecule has 0 saturated carbocycles. The molecule has 1 aromatic rings. The zero-order valence-electron chi connectivity index (χ0n) is 11.2. The van der Waals surface area contributed by atoms with Crippen LogP contribution in [0.15, 0.2) is 11.1 Å². The van der Waals surface area contributed by atoms with E-state index in [4.69, 9.17) is 5.73 Å². The molecule has 0 aromatic carbocycles. The second-order valence-electron chi connectivity index (χ2n) is 4.96. The van der Waals surface area contributed by atoms with Crippen LogP contribution in [0.2, 0.25) is 0 Å². The van der Waals surface area contributed by atoms with Gasteiger partial charge in [-0.2, -0.15) is 16.9 Å². The van der Waals surface area contributed by atoms with Crippen LogP contribution in [0.5, 0.6) is 0 Å². The van der Waals surface area contributed by atoms with E-state index in [1.165, 1.54) is 10.9 Å². The fourth-order valence-corrected chi connectivity index (χ4v) is 4.67. The van der Waals surface area contributed by atoms with E-state index in [0.29, 0.717) is 13.1 Å². The Morgan fingerprint density at radius 3 is 2.89 bits per heavy atom. The summed E-state index contributed by atoms with van der Waals surface area (Å²) in [5.74, 6) is 1.15. The Morgan fingerprint density at radius 1 is 1.63 bits per heavy atom. The summed E-state index contributed by atoms with van der Waals surface area (Å²) >= 11 is 1.82. The molecule has 8 heteroatoms. The van der Waals surface area contributed by atoms with E-state index in [-0.39, 0.29) is 15.5 Å². The average molecular weight is 304 g/mol. The summed E-state index contributed by atoms with van der Waals surface area (Å²) in [5, 5.41) is 3.96. The minimum atomic E-state index is -3.58. The number of nitrogens with one attached hydrogen (secondary N) is 1. The number of rotatable bonds is 5. The molecule has 1 saturated heterocycles. The van der Waals surface area contributed by atoms with Gasteiger partial charge < -0.3 is 5.73 Å². The summed E-state index contributed by atoms with van der Waals surface area (Å²) in [6.07, 6.45) is 3.64. The molecule has 1 unspecified atom stereocenters. The zero-order valence-corrected chi connectivity index (χ0v) is 12.9. The quantitative estimate of drug-likeness (QED) is 0.848. The van der Waals surface area contributed by atoms with Crippen molar-refractivity contribution in [2.45, 2.75) is 42.9 Å². The number of sulfonamides is 1. The molecule has 1 fully saturated rings. The van der Waals surface area contributed by atoms with Crippen molar-refractivity contribution in [2.75, 3.05) is 18.0 Å². The number of thioether (sulfide) groups is 1. The van der Waals surface area contributed by atoms with E-state index in [0.717, 1.165) is 18.6 Å². The SMILES string of the molecule is CCn1cc(S(=O)(=O)NCC2(C)CCCS2)c(N)n1. The van der Waals surface area contributed by atoms with Crippen molar-refractivity contribution >= 4 is 27.6 Å². The van der Waals surface area contributed by atoms with Crippen LogP contribution in [0.4, 0.5) is 5.82 Å². The highest BCUT2D eigenvalue weighted by atomic mass is 32.2. The minimum Gasteiger partial charge on any atom is -0.381 e. The molecular weight excluding hydrogens is 284 g/mol. The number of anilines is 1. The highest BCUT2D eigenvalue weighted by molar-refractivity contribution is 8.01. The highest BCUT2D eigenvalue weighted by Gasteiger charge is 2.32. The van der Waals surface area contributed by atoms with Gasteiger partial charge in [-0.25, -0.2) is 13.1 Å². The van der Waals surface area contributed by atoms with Gasteiger partial charge in [0.2, 0.25) is 10.0 Å². The van der Waals surface area contributed by atoms with Gasteiger partial charge in [-0.05, 0) is 32.4 Å². The van der Waals surface area contributed by atoms with Gasteiger partial charge in [0.15, 0.2) is 5.82 Å². The van der Waals surface area contributed by atoms with Gasteiger partial charge in [-0.1, -0.05) is 0 Å². The van der Waals surface area contributed by atoms with Crippen LogP contribution in [-0.2, 0) is 16.6 Å². The van der Waals surface area contributed by atoms with E-state index >= 15 is 0 Å². The lowest BCUT2D eigenvalue weighted by Gasteiger charge is -2.22. The van der Waals surface area contributed by atoms with Gasteiger partial charge in [0, 0.05) is 24.0 Å². The summed E-state index contributed by atoms with van der Waals surface area (Å²) < 4.78 is 28.6. The van der Waals surface area contributed by atoms with Gasteiger partial charge in [-0.3, -0.25) is 4.68 Å². The third-order valence-corrected chi connectivity index (χ3v) is 6.26. The van der Waals surface area contributed by atoms with E-state index in [1.807, 2.05) is 18.7 Å². The molecule has 2 rings (SSSR count). The molecule has 0 aliphatic carbocycles. The molecule has 0 amide bonds. The Balaban J connectivity index is 2.11. The van der Waals surface area contributed by atoms with Crippen LogP contribution in [0.25, 0.3) is 0 Å². The van der Waals surface area contributed by atoms with Crippen molar-refractivity contribution in [1.29, 1.82) is 0 Å². The second-order valence-corrected chi connectivity index (χ2v) is 8.38. The average Bonchev–Trinajstić information content (AvgIpc) is 2.94. The first-order valence-electron chi connectivity index (χ1n) is 6.33. The van der Waals surface area contributed by atoms with Crippen molar-refractivity contribution in [1.82, 2.24) is 14.5 Å². The molecule has 2 heterocycles. The summed E-state index contributed by atoms with van der Waals surface area (Å²) in [6, 6.07) is 0. The van der Waals surface area contributed by atoms with Crippen LogP contribution in [-0.4, -0.2) is 35.2 Å².